The largest absolute Gasteiger partial charge is 0.478 e. The summed E-state index contributed by atoms with van der Waals surface area (Å²) in [5.74, 6) is -0.916. The fourth-order valence-corrected chi connectivity index (χ4v) is 2.60. The van der Waals surface area contributed by atoms with Crippen molar-refractivity contribution in [1.29, 1.82) is 0 Å². The van der Waals surface area contributed by atoms with Crippen molar-refractivity contribution in [2.24, 2.45) is 0 Å². The summed E-state index contributed by atoms with van der Waals surface area (Å²) in [6.45, 7) is 0.536. The summed E-state index contributed by atoms with van der Waals surface area (Å²) in [6.07, 6.45) is 2.44. The Kier molecular flexibility index (Phi) is 4.57. The number of hydrogen-bond acceptors (Lipinski definition) is 2. The molecule has 24 heavy (non-hydrogen) atoms. The first-order chi connectivity index (χ1) is 11.6. The fourth-order valence-electron chi connectivity index (χ4n) is 2.60. The molecule has 0 spiro atoms. The summed E-state index contributed by atoms with van der Waals surface area (Å²) in [5.41, 5.74) is 3.38. The van der Waals surface area contributed by atoms with Crippen LogP contribution in [0.3, 0.4) is 0 Å². The van der Waals surface area contributed by atoms with Gasteiger partial charge in [0.2, 0.25) is 0 Å². The lowest BCUT2D eigenvalue weighted by atomic mass is 10.0. The molecule has 1 heterocycles. The number of pyridine rings is 1. The number of carboxylic acids is 1. The number of carbonyl (C=O) groups is 1. The highest BCUT2D eigenvalue weighted by atomic mass is 16.4. The SMILES string of the molecule is O=C(O)c1cccc(Cc2ccc(Cn3ccccc3=O)cc2)c1. The summed E-state index contributed by atoms with van der Waals surface area (Å²) in [4.78, 5) is 22.8. The molecule has 120 valence electrons. The molecule has 0 fully saturated rings. The van der Waals surface area contributed by atoms with Gasteiger partial charge in [0, 0.05) is 12.3 Å². The van der Waals surface area contributed by atoms with Gasteiger partial charge >= 0.3 is 5.97 Å². The molecule has 2 aromatic carbocycles. The zero-order chi connectivity index (χ0) is 16.9. The molecule has 0 saturated carbocycles. The fraction of sp³-hybridized carbons (Fsp3) is 0.100. The van der Waals surface area contributed by atoms with Crippen molar-refractivity contribution >= 4 is 5.97 Å². The molecule has 0 aliphatic heterocycles. The lowest BCUT2D eigenvalue weighted by molar-refractivity contribution is 0.0697. The first-order valence-corrected chi connectivity index (χ1v) is 7.67. The second-order valence-corrected chi connectivity index (χ2v) is 5.67. The van der Waals surface area contributed by atoms with E-state index in [2.05, 4.69) is 0 Å². The molecule has 0 unspecified atom stereocenters. The summed E-state index contributed by atoms with van der Waals surface area (Å²) < 4.78 is 1.66. The second-order valence-electron chi connectivity index (χ2n) is 5.67. The average Bonchev–Trinajstić information content (AvgIpc) is 2.59. The minimum Gasteiger partial charge on any atom is -0.478 e. The molecule has 1 aromatic heterocycles. The van der Waals surface area contributed by atoms with Crippen LogP contribution >= 0.6 is 0 Å². The van der Waals surface area contributed by atoms with Crippen molar-refractivity contribution in [2.45, 2.75) is 13.0 Å². The Hall–Kier alpha value is -3.14. The van der Waals surface area contributed by atoms with Crippen LogP contribution in [0.15, 0.2) is 77.7 Å². The van der Waals surface area contributed by atoms with Crippen LogP contribution in [-0.4, -0.2) is 15.6 Å². The molecule has 0 saturated heterocycles. The van der Waals surface area contributed by atoms with E-state index in [0.717, 1.165) is 16.7 Å². The Labute approximate surface area is 139 Å². The molecular weight excluding hydrogens is 302 g/mol. The van der Waals surface area contributed by atoms with E-state index in [1.54, 1.807) is 41.1 Å². The standard InChI is InChI=1S/C20H17NO3/c22-19-6-1-2-11-21(19)14-16-9-7-15(8-10-16)12-17-4-3-5-18(13-17)20(23)24/h1-11,13H,12,14H2,(H,23,24). The molecule has 0 aliphatic rings. The minimum atomic E-state index is -0.916. The second kappa shape index (κ2) is 6.96. The van der Waals surface area contributed by atoms with Crippen LogP contribution in [0.25, 0.3) is 0 Å². The van der Waals surface area contributed by atoms with E-state index in [0.29, 0.717) is 18.5 Å². The average molecular weight is 319 g/mol. The summed E-state index contributed by atoms with van der Waals surface area (Å²) in [5, 5.41) is 9.05. The maximum atomic E-state index is 11.7. The van der Waals surface area contributed by atoms with E-state index in [1.165, 1.54) is 0 Å². The van der Waals surface area contributed by atoms with Crippen molar-refractivity contribution in [3.05, 3.63) is 106 Å². The highest BCUT2D eigenvalue weighted by molar-refractivity contribution is 5.87. The first-order valence-electron chi connectivity index (χ1n) is 7.67. The highest BCUT2D eigenvalue weighted by Crippen LogP contribution is 2.13. The van der Waals surface area contributed by atoms with Gasteiger partial charge in [-0.3, -0.25) is 4.79 Å². The maximum Gasteiger partial charge on any atom is 0.335 e. The Balaban J connectivity index is 1.73. The molecule has 0 bridgehead atoms. The van der Waals surface area contributed by atoms with Crippen molar-refractivity contribution < 1.29 is 9.90 Å². The molecule has 0 atom stereocenters. The number of hydrogen-bond donors (Lipinski definition) is 1. The van der Waals surface area contributed by atoms with Gasteiger partial charge in [0.25, 0.3) is 5.56 Å². The smallest absolute Gasteiger partial charge is 0.335 e. The quantitative estimate of drug-likeness (QED) is 0.786. The highest BCUT2D eigenvalue weighted by Gasteiger charge is 2.04. The Morgan fingerprint density at radius 2 is 1.62 bits per heavy atom. The van der Waals surface area contributed by atoms with E-state index in [-0.39, 0.29) is 5.56 Å². The summed E-state index contributed by atoms with van der Waals surface area (Å²) in [7, 11) is 0. The minimum absolute atomic E-state index is 0.0212. The molecule has 1 N–H and O–H groups in total. The van der Waals surface area contributed by atoms with Crippen molar-refractivity contribution in [1.82, 2.24) is 4.57 Å². The Morgan fingerprint density at radius 1 is 0.875 bits per heavy atom. The third kappa shape index (κ3) is 3.79. The zero-order valence-electron chi connectivity index (χ0n) is 13.1. The van der Waals surface area contributed by atoms with Crippen LogP contribution < -0.4 is 5.56 Å². The molecule has 0 amide bonds. The van der Waals surface area contributed by atoms with Gasteiger partial charge in [0.05, 0.1) is 12.1 Å². The Morgan fingerprint density at radius 3 is 2.33 bits per heavy atom. The van der Waals surface area contributed by atoms with E-state index in [4.69, 9.17) is 5.11 Å². The molecule has 4 heteroatoms. The van der Waals surface area contributed by atoms with Crippen LogP contribution in [0.1, 0.15) is 27.0 Å². The molecular formula is C20H17NO3. The van der Waals surface area contributed by atoms with Gasteiger partial charge in [0.1, 0.15) is 0 Å². The van der Waals surface area contributed by atoms with Crippen molar-refractivity contribution in [2.75, 3.05) is 0 Å². The van der Waals surface area contributed by atoms with Crippen LogP contribution in [0, 0.1) is 0 Å². The Bertz CT molecular complexity index is 910. The third-order valence-corrected chi connectivity index (χ3v) is 3.86. The number of carboxylic acid groups (broad SMARTS) is 1. The van der Waals surface area contributed by atoms with E-state index in [1.807, 2.05) is 36.4 Å². The van der Waals surface area contributed by atoms with Crippen LogP contribution in [0.5, 0.6) is 0 Å². The number of aromatic carboxylic acids is 1. The summed E-state index contributed by atoms with van der Waals surface area (Å²) in [6, 6.07) is 20.1. The first kappa shape index (κ1) is 15.7. The van der Waals surface area contributed by atoms with Crippen molar-refractivity contribution in [3.8, 4) is 0 Å². The van der Waals surface area contributed by atoms with Gasteiger partial charge in [-0.1, -0.05) is 42.5 Å². The number of nitrogens with zero attached hydrogens (tertiary/aromatic N) is 1. The lowest BCUT2D eigenvalue weighted by Crippen LogP contribution is -2.18. The van der Waals surface area contributed by atoms with Gasteiger partial charge in [-0.25, -0.2) is 4.79 Å². The van der Waals surface area contributed by atoms with Crippen LogP contribution in [-0.2, 0) is 13.0 Å². The molecule has 4 nitrogen and oxygen atoms in total. The van der Waals surface area contributed by atoms with Gasteiger partial charge < -0.3 is 9.67 Å². The zero-order valence-corrected chi connectivity index (χ0v) is 13.1. The summed E-state index contributed by atoms with van der Waals surface area (Å²) >= 11 is 0. The van der Waals surface area contributed by atoms with Crippen molar-refractivity contribution in [3.63, 3.8) is 0 Å². The van der Waals surface area contributed by atoms with E-state index in [9.17, 15) is 9.59 Å². The number of benzene rings is 2. The predicted octanol–water partition coefficient (Wildman–Crippen LogP) is 3.19. The molecule has 0 radical (unpaired) electrons. The van der Waals surface area contributed by atoms with Gasteiger partial charge in [-0.2, -0.15) is 0 Å². The molecule has 3 aromatic rings. The topological polar surface area (TPSA) is 59.3 Å². The molecule has 3 rings (SSSR count). The van der Waals surface area contributed by atoms with Gasteiger partial charge in [-0.15, -0.1) is 0 Å². The number of rotatable bonds is 5. The predicted molar refractivity (Wildman–Crippen MR) is 92.5 cm³/mol. The third-order valence-electron chi connectivity index (χ3n) is 3.86. The number of aromatic nitrogens is 1. The maximum absolute atomic E-state index is 11.7. The normalized spacial score (nSPS) is 10.5. The van der Waals surface area contributed by atoms with Gasteiger partial charge in [0.15, 0.2) is 0 Å². The van der Waals surface area contributed by atoms with E-state index >= 15 is 0 Å². The van der Waals surface area contributed by atoms with Gasteiger partial charge in [-0.05, 0) is 41.3 Å². The van der Waals surface area contributed by atoms with E-state index < -0.39 is 5.97 Å². The van der Waals surface area contributed by atoms with Crippen LogP contribution in [0.4, 0.5) is 0 Å². The lowest BCUT2D eigenvalue weighted by Gasteiger charge is -2.07. The monoisotopic (exact) mass is 319 g/mol. The van der Waals surface area contributed by atoms with Crippen LogP contribution in [0.2, 0.25) is 0 Å². The molecule has 0 aliphatic carbocycles.